The average Bonchev–Trinajstić information content (AvgIpc) is 2.61. The first kappa shape index (κ1) is 22.0. The SMILES string of the molecule is BCCc1ccc(OC2CN(CC(N)C(=O)NCCCO)C2)c(C(=O)O)c1O. The van der Waals surface area contributed by atoms with E-state index in [1.54, 1.807) is 12.1 Å². The van der Waals surface area contributed by atoms with Gasteiger partial charge in [0.2, 0.25) is 5.91 Å². The number of aliphatic hydroxyl groups is 1. The molecule has 1 saturated heterocycles. The van der Waals surface area contributed by atoms with Crippen LogP contribution in [0, 0.1) is 0 Å². The van der Waals surface area contributed by atoms with Crippen LogP contribution in [-0.2, 0) is 11.2 Å². The molecule has 9 nitrogen and oxygen atoms in total. The molecule has 1 amide bonds. The minimum absolute atomic E-state index is 0.00791. The van der Waals surface area contributed by atoms with Gasteiger partial charge in [0.25, 0.3) is 0 Å². The fourth-order valence-electron chi connectivity index (χ4n) is 3.10. The summed E-state index contributed by atoms with van der Waals surface area (Å²) in [6, 6.07) is 2.58. The normalized spacial score (nSPS) is 15.6. The topological polar surface area (TPSA) is 145 Å². The average molecular weight is 393 g/mol. The number of nitrogens with one attached hydrogen (secondary N) is 1. The Hall–Kier alpha value is -2.30. The Balaban J connectivity index is 1.88. The number of phenols is 1. The van der Waals surface area contributed by atoms with E-state index >= 15 is 0 Å². The van der Waals surface area contributed by atoms with Gasteiger partial charge in [-0.25, -0.2) is 4.79 Å². The Morgan fingerprint density at radius 3 is 2.71 bits per heavy atom. The number of nitrogens with zero attached hydrogens (tertiary/aromatic N) is 1. The lowest BCUT2D eigenvalue weighted by atomic mass is 9.95. The van der Waals surface area contributed by atoms with Crippen molar-refractivity contribution in [2.45, 2.75) is 31.3 Å². The molecule has 1 unspecified atom stereocenters. The highest BCUT2D eigenvalue weighted by Gasteiger charge is 2.32. The second-order valence-corrected chi connectivity index (χ2v) is 6.93. The standard InChI is InChI=1S/C18H28BN3O6/c19-5-4-11-2-3-14(15(16(11)24)18(26)27)28-12-8-22(9-12)10-13(20)17(25)21-6-1-7-23/h2-3,12-13,23-24H,1,4-10,19-20H2,(H,21,25)(H,26,27). The number of aryl methyl sites for hydroxylation is 1. The van der Waals surface area contributed by atoms with Crippen LogP contribution >= 0.6 is 0 Å². The van der Waals surface area contributed by atoms with Gasteiger partial charge in [-0.15, -0.1) is 0 Å². The summed E-state index contributed by atoms with van der Waals surface area (Å²) in [6.45, 7) is 1.76. The smallest absolute Gasteiger partial charge is 0.343 e. The second-order valence-electron chi connectivity index (χ2n) is 6.93. The molecule has 1 aliphatic rings. The van der Waals surface area contributed by atoms with Crippen LogP contribution in [0.15, 0.2) is 12.1 Å². The van der Waals surface area contributed by atoms with Crippen molar-refractivity contribution in [1.29, 1.82) is 0 Å². The summed E-state index contributed by atoms with van der Waals surface area (Å²) >= 11 is 0. The van der Waals surface area contributed by atoms with Gasteiger partial charge in [0, 0.05) is 32.8 Å². The van der Waals surface area contributed by atoms with E-state index in [1.807, 2.05) is 12.7 Å². The van der Waals surface area contributed by atoms with Crippen LogP contribution in [-0.4, -0.2) is 84.9 Å². The number of likely N-dealkylation sites (tertiary alicyclic amines) is 1. The molecule has 1 aliphatic heterocycles. The zero-order chi connectivity index (χ0) is 20.7. The van der Waals surface area contributed by atoms with Crippen molar-refractivity contribution in [1.82, 2.24) is 10.2 Å². The third-order valence-corrected chi connectivity index (χ3v) is 4.60. The van der Waals surface area contributed by atoms with Crippen LogP contribution in [0.4, 0.5) is 0 Å². The molecule has 6 N–H and O–H groups in total. The molecule has 1 aromatic rings. The summed E-state index contributed by atoms with van der Waals surface area (Å²) < 4.78 is 5.76. The Kier molecular flexibility index (Phi) is 8.10. The van der Waals surface area contributed by atoms with Gasteiger partial charge in [0.1, 0.15) is 31.0 Å². The number of aliphatic hydroxyl groups excluding tert-OH is 1. The van der Waals surface area contributed by atoms with Gasteiger partial charge in [-0.2, -0.15) is 0 Å². The number of aromatic carboxylic acids is 1. The summed E-state index contributed by atoms with van der Waals surface area (Å²) in [7, 11) is 1.95. The number of hydrogen-bond donors (Lipinski definition) is 5. The van der Waals surface area contributed by atoms with E-state index in [-0.39, 0.29) is 35.7 Å². The van der Waals surface area contributed by atoms with Crippen LogP contribution in [0.1, 0.15) is 22.3 Å². The van der Waals surface area contributed by atoms with E-state index < -0.39 is 12.0 Å². The van der Waals surface area contributed by atoms with E-state index in [1.165, 1.54) is 0 Å². The van der Waals surface area contributed by atoms with Crippen molar-refractivity contribution >= 4 is 19.7 Å². The summed E-state index contributed by atoms with van der Waals surface area (Å²) in [5, 5.41) is 31.1. The maximum atomic E-state index is 11.8. The van der Waals surface area contributed by atoms with Gasteiger partial charge in [0.15, 0.2) is 0 Å². The van der Waals surface area contributed by atoms with Crippen LogP contribution in [0.2, 0.25) is 6.32 Å². The second kappa shape index (κ2) is 10.3. The Bertz CT molecular complexity index is 696. The highest BCUT2D eigenvalue weighted by atomic mass is 16.5. The summed E-state index contributed by atoms with van der Waals surface area (Å²) in [5.41, 5.74) is 6.23. The van der Waals surface area contributed by atoms with Crippen LogP contribution in [0.25, 0.3) is 0 Å². The quantitative estimate of drug-likeness (QED) is 0.227. The number of carboxylic acid groups (broad SMARTS) is 1. The van der Waals surface area contributed by atoms with E-state index in [0.29, 0.717) is 44.6 Å². The summed E-state index contributed by atoms with van der Waals surface area (Å²) in [6.07, 6.45) is 1.62. The molecule has 1 aromatic carbocycles. The van der Waals surface area contributed by atoms with Crippen LogP contribution < -0.4 is 15.8 Å². The fourth-order valence-corrected chi connectivity index (χ4v) is 3.10. The van der Waals surface area contributed by atoms with Crippen molar-refractivity contribution in [3.63, 3.8) is 0 Å². The zero-order valence-corrected chi connectivity index (χ0v) is 16.1. The number of hydrogen-bond acceptors (Lipinski definition) is 7. The minimum atomic E-state index is -1.23. The molecule has 0 radical (unpaired) electrons. The van der Waals surface area contributed by atoms with Gasteiger partial charge in [-0.3, -0.25) is 9.69 Å². The monoisotopic (exact) mass is 393 g/mol. The van der Waals surface area contributed by atoms with Crippen molar-refractivity contribution in [3.05, 3.63) is 23.3 Å². The van der Waals surface area contributed by atoms with Crippen molar-refractivity contribution in [2.75, 3.05) is 32.8 Å². The van der Waals surface area contributed by atoms with E-state index in [0.717, 1.165) is 6.32 Å². The van der Waals surface area contributed by atoms with Gasteiger partial charge in [0.05, 0.1) is 6.04 Å². The maximum absolute atomic E-state index is 11.8. The highest BCUT2D eigenvalue weighted by molar-refractivity contribution is 6.08. The number of aromatic hydroxyl groups is 1. The number of amides is 1. The molecule has 10 heteroatoms. The van der Waals surface area contributed by atoms with Crippen molar-refractivity contribution < 1.29 is 29.6 Å². The molecule has 1 fully saturated rings. The molecule has 28 heavy (non-hydrogen) atoms. The molecule has 0 saturated carbocycles. The van der Waals surface area contributed by atoms with Crippen LogP contribution in [0.5, 0.6) is 11.5 Å². The van der Waals surface area contributed by atoms with Gasteiger partial charge in [-0.05, 0) is 24.5 Å². The summed E-state index contributed by atoms with van der Waals surface area (Å²) in [5.74, 6) is -1.62. The first-order chi connectivity index (χ1) is 13.4. The lowest BCUT2D eigenvalue weighted by Crippen LogP contribution is -2.59. The molecule has 0 bridgehead atoms. The molecule has 154 valence electrons. The molecule has 0 spiro atoms. The third-order valence-electron chi connectivity index (χ3n) is 4.60. The van der Waals surface area contributed by atoms with Crippen molar-refractivity contribution in [2.24, 2.45) is 5.73 Å². The zero-order valence-electron chi connectivity index (χ0n) is 16.1. The Morgan fingerprint density at radius 2 is 2.11 bits per heavy atom. The predicted octanol–water partition coefficient (Wildman–Crippen LogP) is -1.43. The first-order valence-electron chi connectivity index (χ1n) is 9.48. The lowest BCUT2D eigenvalue weighted by molar-refractivity contribution is -0.123. The molecule has 0 aliphatic carbocycles. The molecule has 2 rings (SSSR count). The van der Waals surface area contributed by atoms with Crippen LogP contribution in [0.3, 0.4) is 0 Å². The number of carbonyl (C=O) groups excluding carboxylic acids is 1. The van der Waals surface area contributed by atoms with E-state index in [9.17, 15) is 19.8 Å². The maximum Gasteiger partial charge on any atom is 0.343 e. The Morgan fingerprint density at radius 1 is 1.39 bits per heavy atom. The number of nitrogens with two attached hydrogens (primary N) is 1. The molecular formula is C18H28BN3O6. The molecule has 1 atom stereocenters. The molecule has 1 heterocycles. The van der Waals surface area contributed by atoms with E-state index in [4.69, 9.17) is 15.6 Å². The number of benzene rings is 1. The fraction of sp³-hybridized carbons (Fsp3) is 0.556. The Labute approximate surface area is 164 Å². The molecular weight excluding hydrogens is 365 g/mol. The van der Waals surface area contributed by atoms with Gasteiger partial charge in [-0.1, -0.05) is 12.4 Å². The minimum Gasteiger partial charge on any atom is -0.507 e. The lowest BCUT2D eigenvalue weighted by Gasteiger charge is -2.40. The predicted molar refractivity (Wildman–Crippen MR) is 106 cm³/mol. The number of ether oxygens (including phenoxy) is 1. The number of rotatable bonds is 11. The summed E-state index contributed by atoms with van der Waals surface area (Å²) in [4.78, 5) is 25.3. The number of carboxylic acids is 1. The molecule has 0 aromatic heterocycles. The van der Waals surface area contributed by atoms with Gasteiger partial charge >= 0.3 is 5.97 Å². The highest BCUT2D eigenvalue weighted by Crippen LogP contribution is 2.33. The first-order valence-corrected chi connectivity index (χ1v) is 9.48. The van der Waals surface area contributed by atoms with Gasteiger partial charge < -0.3 is 31.1 Å². The largest absolute Gasteiger partial charge is 0.507 e. The number of carbonyl (C=O) groups is 2. The van der Waals surface area contributed by atoms with E-state index in [2.05, 4.69) is 5.32 Å². The third kappa shape index (κ3) is 5.60. The van der Waals surface area contributed by atoms with Crippen molar-refractivity contribution in [3.8, 4) is 11.5 Å².